The van der Waals surface area contributed by atoms with E-state index < -0.39 is 0 Å². The summed E-state index contributed by atoms with van der Waals surface area (Å²) in [4.78, 5) is 0. The van der Waals surface area contributed by atoms with Crippen LogP contribution in [0.1, 0.15) is 11.3 Å². The van der Waals surface area contributed by atoms with Gasteiger partial charge in [0, 0.05) is 42.8 Å². The molecule has 20 heavy (non-hydrogen) atoms. The Balaban J connectivity index is 1.73. The van der Waals surface area contributed by atoms with Crippen LogP contribution in [-0.2, 0) is 20.1 Å². The normalized spacial score (nSPS) is 10.8. The minimum absolute atomic E-state index is 0.722. The van der Waals surface area contributed by atoms with Crippen molar-refractivity contribution >= 4 is 11.5 Å². The Morgan fingerprint density at radius 2 is 2.05 bits per heavy atom. The van der Waals surface area contributed by atoms with Gasteiger partial charge in [0.25, 0.3) is 0 Å². The summed E-state index contributed by atoms with van der Waals surface area (Å²) in [6.45, 7) is 1.48. The van der Waals surface area contributed by atoms with E-state index >= 15 is 0 Å². The maximum absolute atomic E-state index is 4.55. The molecule has 102 valence electrons. The van der Waals surface area contributed by atoms with E-state index in [9.17, 15) is 0 Å². The van der Waals surface area contributed by atoms with Crippen LogP contribution in [0.15, 0.2) is 41.9 Å². The van der Waals surface area contributed by atoms with Gasteiger partial charge in [-0.15, -0.1) is 5.10 Å². The molecule has 1 aromatic carbocycles. The molecule has 0 saturated heterocycles. The van der Waals surface area contributed by atoms with Crippen molar-refractivity contribution in [3.8, 4) is 11.3 Å². The fraction of sp³-hybridized carbons (Fsp3) is 0.214. The van der Waals surface area contributed by atoms with Crippen LogP contribution in [0.4, 0.5) is 0 Å². The fourth-order valence-electron chi connectivity index (χ4n) is 2.09. The van der Waals surface area contributed by atoms with Gasteiger partial charge in [-0.2, -0.15) is 5.10 Å². The van der Waals surface area contributed by atoms with E-state index in [1.54, 1.807) is 0 Å². The van der Waals surface area contributed by atoms with E-state index in [1.807, 2.05) is 35.3 Å². The molecule has 3 aromatic rings. The lowest BCUT2D eigenvalue weighted by Gasteiger charge is -2.03. The van der Waals surface area contributed by atoms with Crippen molar-refractivity contribution in [3.05, 3.63) is 53.2 Å². The van der Waals surface area contributed by atoms with E-state index in [2.05, 4.69) is 38.3 Å². The van der Waals surface area contributed by atoms with Gasteiger partial charge in [0.2, 0.25) is 0 Å². The average molecular weight is 285 g/mol. The van der Waals surface area contributed by atoms with Crippen LogP contribution in [0, 0.1) is 0 Å². The number of nitrogens with zero attached hydrogens (tertiary/aromatic N) is 4. The topological polar surface area (TPSA) is 55.6 Å². The predicted molar refractivity (Wildman–Crippen MR) is 79.1 cm³/mol. The van der Waals surface area contributed by atoms with Crippen molar-refractivity contribution in [2.75, 3.05) is 0 Å². The van der Waals surface area contributed by atoms with Crippen LogP contribution >= 0.6 is 11.5 Å². The summed E-state index contributed by atoms with van der Waals surface area (Å²) < 4.78 is 5.70. The van der Waals surface area contributed by atoms with Crippen LogP contribution < -0.4 is 5.32 Å². The highest BCUT2D eigenvalue weighted by Gasteiger charge is 2.09. The fourth-order valence-corrected chi connectivity index (χ4v) is 2.54. The van der Waals surface area contributed by atoms with E-state index in [4.69, 9.17) is 0 Å². The third-order valence-corrected chi connectivity index (χ3v) is 3.53. The standard InChI is InChI=1S/C14H15N5S/c1-19-9-12(7-15-8-13-10-20-18-16-13)14(17-19)11-5-3-2-4-6-11/h2-6,9-10,15H,7-8H2,1H3. The molecule has 0 radical (unpaired) electrons. The summed E-state index contributed by atoms with van der Waals surface area (Å²) in [7, 11) is 1.94. The zero-order valence-corrected chi connectivity index (χ0v) is 12.0. The Morgan fingerprint density at radius 3 is 2.80 bits per heavy atom. The summed E-state index contributed by atoms with van der Waals surface area (Å²) in [6, 6.07) is 10.2. The molecule has 0 aliphatic rings. The highest BCUT2D eigenvalue weighted by atomic mass is 32.1. The molecule has 0 amide bonds. The molecule has 6 heteroatoms. The molecule has 0 spiro atoms. The van der Waals surface area contributed by atoms with Crippen LogP contribution in [0.25, 0.3) is 11.3 Å². The van der Waals surface area contributed by atoms with Gasteiger partial charge in [0.15, 0.2) is 0 Å². The first-order chi connectivity index (χ1) is 9.83. The Hall–Kier alpha value is -2.05. The first-order valence-electron chi connectivity index (χ1n) is 6.37. The number of benzene rings is 1. The van der Waals surface area contributed by atoms with Crippen LogP contribution in [0.2, 0.25) is 0 Å². The quantitative estimate of drug-likeness (QED) is 0.781. The molecule has 3 rings (SSSR count). The van der Waals surface area contributed by atoms with Crippen molar-refractivity contribution < 1.29 is 0 Å². The number of aromatic nitrogens is 4. The van der Waals surface area contributed by atoms with Crippen molar-refractivity contribution in [1.82, 2.24) is 24.7 Å². The zero-order valence-electron chi connectivity index (χ0n) is 11.2. The van der Waals surface area contributed by atoms with Gasteiger partial charge in [-0.3, -0.25) is 4.68 Å². The van der Waals surface area contributed by atoms with Gasteiger partial charge in [-0.05, 0) is 11.5 Å². The second-order valence-corrected chi connectivity index (χ2v) is 5.15. The SMILES string of the molecule is Cn1cc(CNCc2csnn2)c(-c2ccccc2)n1. The summed E-state index contributed by atoms with van der Waals surface area (Å²) in [5.41, 5.74) is 4.32. The maximum Gasteiger partial charge on any atom is 0.0967 e. The predicted octanol–water partition coefficient (Wildman–Crippen LogP) is 2.23. The third kappa shape index (κ3) is 2.92. The first-order valence-corrected chi connectivity index (χ1v) is 7.21. The van der Waals surface area contributed by atoms with E-state index in [1.165, 1.54) is 17.1 Å². The monoisotopic (exact) mass is 285 g/mol. The lowest BCUT2D eigenvalue weighted by Crippen LogP contribution is -2.13. The number of rotatable bonds is 5. The van der Waals surface area contributed by atoms with E-state index in [0.717, 1.165) is 30.0 Å². The molecular weight excluding hydrogens is 270 g/mol. The minimum atomic E-state index is 0.722. The maximum atomic E-state index is 4.55. The number of nitrogens with one attached hydrogen (secondary N) is 1. The molecule has 0 aliphatic heterocycles. The molecule has 1 N–H and O–H groups in total. The van der Waals surface area contributed by atoms with Gasteiger partial charge in [-0.1, -0.05) is 34.8 Å². The Labute approximate surface area is 121 Å². The first kappa shape index (κ1) is 13.0. The lowest BCUT2D eigenvalue weighted by molar-refractivity contribution is 0.677. The smallest absolute Gasteiger partial charge is 0.0967 e. The van der Waals surface area contributed by atoms with Crippen LogP contribution in [0.3, 0.4) is 0 Å². The van der Waals surface area contributed by atoms with Gasteiger partial charge >= 0.3 is 0 Å². The summed E-state index contributed by atoms with van der Waals surface area (Å²) in [5.74, 6) is 0. The minimum Gasteiger partial charge on any atom is -0.307 e. The second kappa shape index (κ2) is 5.94. The molecule has 5 nitrogen and oxygen atoms in total. The Bertz CT molecular complexity index is 660. The van der Waals surface area contributed by atoms with Gasteiger partial charge in [-0.25, -0.2) is 0 Å². The molecule has 0 bridgehead atoms. The molecule has 0 saturated carbocycles. The molecule has 0 unspecified atom stereocenters. The van der Waals surface area contributed by atoms with Crippen LogP contribution in [0.5, 0.6) is 0 Å². The van der Waals surface area contributed by atoms with Crippen molar-refractivity contribution in [3.63, 3.8) is 0 Å². The molecule has 2 heterocycles. The Kier molecular flexibility index (Phi) is 3.85. The Morgan fingerprint density at radius 1 is 1.20 bits per heavy atom. The largest absolute Gasteiger partial charge is 0.307 e. The second-order valence-electron chi connectivity index (χ2n) is 4.54. The number of hydrogen-bond donors (Lipinski definition) is 1. The lowest BCUT2D eigenvalue weighted by atomic mass is 10.1. The van der Waals surface area contributed by atoms with E-state index in [0.29, 0.717) is 0 Å². The number of aryl methyl sites for hydroxylation is 1. The summed E-state index contributed by atoms with van der Waals surface area (Å²) in [5, 5.41) is 13.9. The molecule has 0 aliphatic carbocycles. The van der Waals surface area contributed by atoms with Gasteiger partial charge < -0.3 is 5.32 Å². The van der Waals surface area contributed by atoms with Crippen molar-refractivity contribution in [2.45, 2.75) is 13.1 Å². The third-order valence-electron chi connectivity index (χ3n) is 2.98. The molecule has 2 aromatic heterocycles. The molecule has 0 atom stereocenters. The summed E-state index contributed by atoms with van der Waals surface area (Å²) >= 11 is 1.37. The molecular formula is C14H15N5S. The summed E-state index contributed by atoms with van der Waals surface area (Å²) in [6.07, 6.45) is 2.05. The highest BCUT2D eigenvalue weighted by molar-refractivity contribution is 7.03. The van der Waals surface area contributed by atoms with Crippen LogP contribution in [-0.4, -0.2) is 19.4 Å². The van der Waals surface area contributed by atoms with Gasteiger partial charge in [0.1, 0.15) is 0 Å². The van der Waals surface area contributed by atoms with E-state index in [-0.39, 0.29) is 0 Å². The average Bonchev–Trinajstić information content (AvgIpc) is 3.10. The van der Waals surface area contributed by atoms with Crippen molar-refractivity contribution in [1.29, 1.82) is 0 Å². The zero-order chi connectivity index (χ0) is 13.8. The van der Waals surface area contributed by atoms with Gasteiger partial charge in [0.05, 0.1) is 11.4 Å². The molecule has 0 fully saturated rings. The van der Waals surface area contributed by atoms with Crippen molar-refractivity contribution in [2.24, 2.45) is 7.05 Å². The number of hydrogen-bond acceptors (Lipinski definition) is 5. The highest BCUT2D eigenvalue weighted by Crippen LogP contribution is 2.21.